The lowest BCUT2D eigenvalue weighted by atomic mass is 10.3. The molecule has 0 saturated carbocycles. The Hall–Kier alpha value is -2.16. The van der Waals surface area contributed by atoms with Crippen molar-refractivity contribution in [1.29, 1.82) is 0 Å². The van der Waals surface area contributed by atoms with Gasteiger partial charge in [-0.15, -0.1) is 11.8 Å². The summed E-state index contributed by atoms with van der Waals surface area (Å²) in [5, 5.41) is 4.07. The molecule has 8 heteroatoms. The molecule has 1 aliphatic rings. The van der Waals surface area contributed by atoms with Crippen LogP contribution in [0.4, 0.5) is 9.52 Å². The fourth-order valence-corrected chi connectivity index (χ4v) is 4.99. The minimum absolute atomic E-state index is 0.00689. The second-order valence-electron chi connectivity index (χ2n) is 6.89. The minimum Gasteiger partial charge on any atom is -0.354 e. The lowest BCUT2D eigenvalue weighted by Crippen LogP contribution is -2.48. The first-order chi connectivity index (χ1) is 14.2. The zero-order chi connectivity index (χ0) is 20.1. The predicted molar refractivity (Wildman–Crippen MR) is 118 cm³/mol. The topological polar surface area (TPSA) is 48.5 Å². The van der Waals surface area contributed by atoms with E-state index in [0.717, 1.165) is 48.3 Å². The summed E-state index contributed by atoms with van der Waals surface area (Å²) in [7, 11) is 0. The van der Waals surface area contributed by atoms with E-state index in [1.807, 2.05) is 6.07 Å². The van der Waals surface area contributed by atoms with Crippen LogP contribution in [0.2, 0.25) is 0 Å². The van der Waals surface area contributed by atoms with Crippen molar-refractivity contribution < 1.29 is 9.18 Å². The minimum atomic E-state index is -0.262. The van der Waals surface area contributed by atoms with E-state index >= 15 is 0 Å². The van der Waals surface area contributed by atoms with Crippen LogP contribution in [0.5, 0.6) is 0 Å². The van der Waals surface area contributed by atoms with E-state index in [9.17, 15) is 9.18 Å². The Kier molecular flexibility index (Phi) is 6.63. The predicted octanol–water partition coefficient (Wildman–Crippen LogP) is 3.47. The maximum Gasteiger partial charge on any atom is 0.230 e. The van der Waals surface area contributed by atoms with E-state index < -0.39 is 0 Å². The van der Waals surface area contributed by atoms with Crippen LogP contribution in [-0.4, -0.2) is 60.8 Å². The summed E-state index contributed by atoms with van der Waals surface area (Å²) in [4.78, 5) is 22.4. The highest BCUT2D eigenvalue weighted by molar-refractivity contribution is 8.00. The van der Waals surface area contributed by atoms with Gasteiger partial charge in [-0.2, -0.15) is 0 Å². The molecule has 0 aliphatic carbocycles. The van der Waals surface area contributed by atoms with Crippen molar-refractivity contribution in [2.24, 2.45) is 0 Å². The molecule has 3 aromatic rings. The van der Waals surface area contributed by atoms with Crippen LogP contribution in [0.3, 0.4) is 0 Å². The summed E-state index contributed by atoms with van der Waals surface area (Å²) < 4.78 is 14.1. The second kappa shape index (κ2) is 9.56. The van der Waals surface area contributed by atoms with Gasteiger partial charge in [0.15, 0.2) is 5.13 Å². The van der Waals surface area contributed by atoms with Gasteiger partial charge in [-0.05, 0) is 36.4 Å². The number of aromatic nitrogens is 1. The molecule has 0 bridgehead atoms. The highest BCUT2D eigenvalue weighted by Crippen LogP contribution is 2.29. The Balaban J connectivity index is 1.15. The molecule has 2 aromatic carbocycles. The monoisotopic (exact) mass is 430 g/mol. The number of thioether (sulfide) groups is 1. The molecular weight excluding hydrogens is 407 g/mol. The maximum atomic E-state index is 12.9. The number of nitrogens with one attached hydrogen (secondary N) is 1. The van der Waals surface area contributed by atoms with E-state index in [1.165, 1.54) is 28.6 Å². The summed E-state index contributed by atoms with van der Waals surface area (Å²) >= 11 is 3.17. The number of nitrogens with zero attached hydrogens (tertiary/aromatic N) is 3. The Labute approximate surface area is 177 Å². The molecule has 5 nitrogen and oxygen atoms in total. The molecule has 0 atom stereocenters. The highest BCUT2D eigenvalue weighted by Gasteiger charge is 2.19. The second-order valence-corrected chi connectivity index (χ2v) is 8.94. The van der Waals surface area contributed by atoms with Gasteiger partial charge >= 0.3 is 0 Å². The lowest BCUT2D eigenvalue weighted by Gasteiger charge is -2.34. The molecular formula is C21H23FN4OS2. The molecule has 1 saturated heterocycles. The third-order valence-corrected chi connectivity index (χ3v) is 6.97. The Bertz CT molecular complexity index is 922. The molecule has 1 amide bonds. The van der Waals surface area contributed by atoms with Crippen LogP contribution in [0, 0.1) is 5.82 Å². The summed E-state index contributed by atoms with van der Waals surface area (Å²) in [5.41, 5.74) is 1.07. The van der Waals surface area contributed by atoms with Crippen LogP contribution in [0.25, 0.3) is 10.2 Å². The first-order valence-corrected chi connectivity index (χ1v) is 11.5. The van der Waals surface area contributed by atoms with Crippen LogP contribution in [0.1, 0.15) is 0 Å². The fraction of sp³-hybridized carbons (Fsp3) is 0.333. The highest BCUT2D eigenvalue weighted by atomic mass is 32.2. The number of para-hydroxylation sites is 1. The van der Waals surface area contributed by atoms with Crippen molar-refractivity contribution in [3.63, 3.8) is 0 Å². The van der Waals surface area contributed by atoms with Gasteiger partial charge in [0.25, 0.3) is 0 Å². The van der Waals surface area contributed by atoms with Gasteiger partial charge in [0.1, 0.15) is 5.82 Å². The average molecular weight is 431 g/mol. The number of anilines is 1. The number of rotatable bonds is 7. The van der Waals surface area contributed by atoms with Crippen LogP contribution in [0.15, 0.2) is 53.4 Å². The third-order valence-electron chi connectivity index (χ3n) is 4.86. The third kappa shape index (κ3) is 5.46. The van der Waals surface area contributed by atoms with Crippen LogP contribution in [-0.2, 0) is 4.79 Å². The van der Waals surface area contributed by atoms with Crippen LogP contribution >= 0.6 is 23.1 Å². The Morgan fingerprint density at radius 2 is 1.86 bits per heavy atom. The van der Waals surface area contributed by atoms with Crippen molar-refractivity contribution in [2.45, 2.75) is 4.90 Å². The summed E-state index contributed by atoms with van der Waals surface area (Å²) in [6.45, 7) is 5.33. The molecule has 4 rings (SSSR count). The van der Waals surface area contributed by atoms with Gasteiger partial charge in [0.2, 0.25) is 5.91 Å². The lowest BCUT2D eigenvalue weighted by molar-refractivity contribution is -0.118. The first-order valence-electron chi connectivity index (χ1n) is 9.65. The van der Waals surface area contributed by atoms with E-state index in [2.05, 4.69) is 33.3 Å². The van der Waals surface area contributed by atoms with Crippen molar-refractivity contribution in [3.8, 4) is 0 Å². The molecule has 0 spiro atoms. The number of fused-ring (bicyclic) bond motifs is 1. The average Bonchev–Trinajstić information content (AvgIpc) is 3.18. The smallest absolute Gasteiger partial charge is 0.230 e. The van der Waals surface area contributed by atoms with Gasteiger partial charge in [-0.1, -0.05) is 23.5 Å². The zero-order valence-corrected chi connectivity index (χ0v) is 17.6. The van der Waals surface area contributed by atoms with Gasteiger partial charge in [0, 0.05) is 44.2 Å². The number of piperazine rings is 1. The van der Waals surface area contributed by atoms with Gasteiger partial charge in [-0.25, -0.2) is 9.37 Å². The number of hydrogen-bond acceptors (Lipinski definition) is 6. The van der Waals surface area contributed by atoms with E-state index in [1.54, 1.807) is 23.5 Å². The Morgan fingerprint density at radius 3 is 2.62 bits per heavy atom. The van der Waals surface area contributed by atoms with E-state index in [-0.39, 0.29) is 11.7 Å². The molecule has 1 aliphatic heterocycles. The van der Waals surface area contributed by atoms with Crippen molar-refractivity contribution in [1.82, 2.24) is 15.2 Å². The van der Waals surface area contributed by atoms with E-state index in [0.29, 0.717) is 12.3 Å². The summed E-state index contributed by atoms with van der Waals surface area (Å²) in [6.07, 6.45) is 0. The molecule has 0 radical (unpaired) electrons. The molecule has 152 valence electrons. The van der Waals surface area contributed by atoms with Crippen LogP contribution < -0.4 is 10.2 Å². The maximum absolute atomic E-state index is 12.9. The molecule has 1 fully saturated rings. The van der Waals surface area contributed by atoms with Crippen molar-refractivity contribution >= 4 is 44.4 Å². The number of halogens is 1. The molecule has 1 N–H and O–H groups in total. The zero-order valence-electron chi connectivity index (χ0n) is 16.0. The number of carbonyl (C=O) groups is 1. The normalized spacial score (nSPS) is 15.0. The largest absolute Gasteiger partial charge is 0.354 e. The SMILES string of the molecule is O=C(CSc1ccc(F)cc1)NCCN1CCN(c2nc3ccccc3s2)CC1. The van der Waals surface area contributed by atoms with Gasteiger partial charge in [0.05, 0.1) is 16.0 Å². The number of thiazole rings is 1. The van der Waals surface area contributed by atoms with Crippen molar-refractivity contribution in [3.05, 3.63) is 54.3 Å². The number of hydrogen-bond donors (Lipinski definition) is 1. The van der Waals surface area contributed by atoms with Gasteiger partial charge < -0.3 is 10.2 Å². The van der Waals surface area contributed by atoms with Crippen molar-refractivity contribution in [2.75, 3.05) is 49.9 Å². The fourth-order valence-electron chi connectivity index (χ4n) is 3.24. The van der Waals surface area contributed by atoms with E-state index in [4.69, 9.17) is 4.98 Å². The number of carbonyl (C=O) groups excluding carboxylic acids is 1. The summed E-state index contributed by atoms with van der Waals surface area (Å²) in [5.74, 6) is 0.0891. The molecule has 1 aromatic heterocycles. The molecule has 0 unspecified atom stereocenters. The Morgan fingerprint density at radius 1 is 1.10 bits per heavy atom. The molecule has 2 heterocycles. The standard InChI is InChI=1S/C21H23FN4OS2/c22-16-5-7-17(8-6-16)28-15-20(27)23-9-10-25-11-13-26(14-12-25)21-24-18-3-1-2-4-19(18)29-21/h1-8H,9-15H2,(H,23,27). The quantitative estimate of drug-likeness (QED) is 0.582. The number of amides is 1. The first kappa shape index (κ1) is 20.1. The summed E-state index contributed by atoms with van der Waals surface area (Å²) in [6, 6.07) is 14.5. The number of benzene rings is 2. The van der Waals surface area contributed by atoms with Gasteiger partial charge in [-0.3, -0.25) is 9.69 Å². The molecule has 29 heavy (non-hydrogen) atoms.